The van der Waals surface area contributed by atoms with Crippen LogP contribution < -0.4 is 5.32 Å². The number of hydrogen-bond acceptors (Lipinski definition) is 3. The van der Waals surface area contributed by atoms with Gasteiger partial charge in [-0.25, -0.2) is 4.79 Å². The average Bonchev–Trinajstić information content (AvgIpc) is 2.14. The first-order valence-electron chi connectivity index (χ1n) is 5.06. The number of methoxy groups -OCH3 is 1. The third kappa shape index (κ3) is 7.65. The Hall–Kier alpha value is -0.990. The van der Waals surface area contributed by atoms with Crippen molar-refractivity contribution in [3.05, 3.63) is 12.3 Å². The molecule has 82 valence electrons. The predicted octanol–water partition coefficient (Wildman–Crippen LogP) is 2.09. The molecule has 0 saturated carbocycles. The molecule has 0 aromatic rings. The Labute approximate surface area is 86.5 Å². The molecule has 0 heterocycles. The lowest BCUT2D eigenvalue weighted by Gasteiger charge is -2.12. The van der Waals surface area contributed by atoms with Crippen LogP contribution in [0, 0.1) is 5.92 Å². The molecule has 1 unspecified atom stereocenters. The lowest BCUT2D eigenvalue weighted by atomic mass is 10.0. The highest BCUT2D eigenvalue weighted by Crippen LogP contribution is 2.05. The van der Waals surface area contributed by atoms with E-state index in [1.165, 1.54) is 19.6 Å². The molecule has 0 fully saturated rings. The quantitative estimate of drug-likeness (QED) is 0.526. The van der Waals surface area contributed by atoms with Crippen LogP contribution in [0.2, 0.25) is 0 Å². The topological polar surface area (TPSA) is 38.3 Å². The van der Waals surface area contributed by atoms with Crippen LogP contribution in [0.4, 0.5) is 0 Å². The first-order chi connectivity index (χ1) is 6.56. The van der Waals surface area contributed by atoms with Crippen molar-refractivity contribution in [2.24, 2.45) is 5.92 Å². The van der Waals surface area contributed by atoms with E-state index >= 15 is 0 Å². The van der Waals surface area contributed by atoms with E-state index in [1.807, 2.05) is 0 Å². The first-order valence-corrected chi connectivity index (χ1v) is 5.06. The normalized spacial score (nSPS) is 13.2. The van der Waals surface area contributed by atoms with Gasteiger partial charge in [0.25, 0.3) is 0 Å². The number of esters is 1. The van der Waals surface area contributed by atoms with Gasteiger partial charge in [-0.05, 0) is 25.7 Å². The zero-order chi connectivity index (χ0) is 11.0. The largest absolute Gasteiger partial charge is 0.466 e. The van der Waals surface area contributed by atoms with Crippen LogP contribution in [0.25, 0.3) is 0 Å². The van der Waals surface area contributed by atoms with E-state index in [2.05, 4.69) is 30.8 Å². The van der Waals surface area contributed by atoms with Crippen LogP contribution in [-0.2, 0) is 9.53 Å². The lowest BCUT2D eigenvalue weighted by Crippen LogP contribution is -2.21. The monoisotopic (exact) mass is 199 g/mol. The van der Waals surface area contributed by atoms with E-state index in [0.29, 0.717) is 6.04 Å². The number of hydrogen-bond donors (Lipinski definition) is 1. The van der Waals surface area contributed by atoms with Crippen molar-refractivity contribution in [2.45, 2.75) is 39.7 Å². The van der Waals surface area contributed by atoms with Crippen molar-refractivity contribution in [1.82, 2.24) is 5.32 Å². The molecule has 0 saturated heterocycles. The fraction of sp³-hybridized carbons (Fsp3) is 0.727. The number of carbonyl (C=O) groups is 1. The first kappa shape index (κ1) is 13.0. The van der Waals surface area contributed by atoms with Crippen LogP contribution in [-0.4, -0.2) is 19.1 Å². The summed E-state index contributed by atoms with van der Waals surface area (Å²) in [6.07, 6.45) is 5.35. The van der Waals surface area contributed by atoms with Gasteiger partial charge in [0.05, 0.1) is 7.11 Å². The Morgan fingerprint density at radius 1 is 1.36 bits per heavy atom. The maximum Gasteiger partial charge on any atom is 0.331 e. The lowest BCUT2D eigenvalue weighted by molar-refractivity contribution is -0.134. The van der Waals surface area contributed by atoms with Gasteiger partial charge in [-0.15, -0.1) is 0 Å². The van der Waals surface area contributed by atoms with Crippen molar-refractivity contribution < 1.29 is 9.53 Å². The molecule has 3 nitrogen and oxygen atoms in total. The van der Waals surface area contributed by atoms with Crippen LogP contribution in [0.3, 0.4) is 0 Å². The Morgan fingerprint density at radius 3 is 2.50 bits per heavy atom. The van der Waals surface area contributed by atoms with Gasteiger partial charge in [0, 0.05) is 18.3 Å². The molecule has 0 aliphatic rings. The van der Waals surface area contributed by atoms with Gasteiger partial charge in [0.1, 0.15) is 0 Å². The third-order valence-corrected chi connectivity index (χ3v) is 1.98. The molecule has 0 rings (SSSR count). The summed E-state index contributed by atoms with van der Waals surface area (Å²) in [4.78, 5) is 10.7. The van der Waals surface area contributed by atoms with Crippen molar-refractivity contribution in [3.63, 3.8) is 0 Å². The molecule has 0 aliphatic carbocycles. The molecule has 14 heavy (non-hydrogen) atoms. The van der Waals surface area contributed by atoms with Gasteiger partial charge >= 0.3 is 5.97 Å². The maximum atomic E-state index is 10.7. The van der Waals surface area contributed by atoms with Crippen molar-refractivity contribution in [2.75, 3.05) is 7.11 Å². The number of carbonyl (C=O) groups excluding carboxylic acids is 1. The van der Waals surface area contributed by atoms with Crippen LogP contribution >= 0.6 is 0 Å². The fourth-order valence-electron chi connectivity index (χ4n) is 1.02. The molecule has 0 aromatic heterocycles. The fourth-order valence-corrected chi connectivity index (χ4v) is 1.02. The van der Waals surface area contributed by atoms with E-state index in [4.69, 9.17) is 0 Å². The van der Waals surface area contributed by atoms with E-state index in [-0.39, 0.29) is 5.97 Å². The second kappa shape index (κ2) is 7.42. The second-order valence-corrected chi connectivity index (χ2v) is 3.90. The number of nitrogens with one attached hydrogen (secondary N) is 1. The van der Waals surface area contributed by atoms with Gasteiger partial charge in [0.15, 0.2) is 0 Å². The Bertz CT molecular complexity index is 188. The summed E-state index contributed by atoms with van der Waals surface area (Å²) in [7, 11) is 1.37. The van der Waals surface area contributed by atoms with Gasteiger partial charge in [-0.1, -0.05) is 13.8 Å². The van der Waals surface area contributed by atoms with Crippen LogP contribution in [0.5, 0.6) is 0 Å². The zero-order valence-corrected chi connectivity index (χ0v) is 9.54. The van der Waals surface area contributed by atoms with Crippen LogP contribution in [0.15, 0.2) is 12.3 Å². The molecule has 1 N–H and O–H groups in total. The van der Waals surface area contributed by atoms with Crippen molar-refractivity contribution in [3.8, 4) is 0 Å². The molecular formula is C11H21NO2. The number of ether oxygens (including phenoxy) is 1. The molecule has 0 spiro atoms. The van der Waals surface area contributed by atoms with Crippen LogP contribution in [0.1, 0.15) is 33.6 Å². The van der Waals surface area contributed by atoms with E-state index in [9.17, 15) is 4.79 Å². The van der Waals surface area contributed by atoms with E-state index in [1.54, 1.807) is 6.20 Å². The van der Waals surface area contributed by atoms with E-state index in [0.717, 1.165) is 12.3 Å². The highest BCUT2D eigenvalue weighted by atomic mass is 16.5. The SMILES string of the molecule is COC(=O)/C=C/NC(C)CCC(C)C. The molecule has 3 heteroatoms. The molecule has 0 aliphatic heterocycles. The highest BCUT2D eigenvalue weighted by molar-refractivity contribution is 5.81. The van der Waals surface area contributed by atoms with E-state index < -0.39 is 0 Å². The summed E-state index contributed by atoms with van der Waals surface area (Å²) >= 11 is 0. The average molecular weight is 199 g/mol. The summed E-state index contributed by atoms with van der Waals surface area (Å²) in [6, 6.07) is 0.401. The smallest absolute Gasteiger partial charge is 0.331 e. The molecular weight excluding hydrogens is 178 g/mol. The molecule has 0 bridgehead atoms. The minimum atomic E-state index is -0.325. The standard InChI is InChI=1S/C11H21NO2/c1-9(2)5-6-10(3)12-8-7-11(13)14-4/h7-10,12H,5-6H2,1-4H3/b8-7+. The summed E-state index contributed by atoms with van der Waals surface area (Å²) < 4.78 is 4.46. The molecule has 1 atom stereocenters. The van der Waals surface area contributed by atoms with Gasteiger partial charge in [-0.3, -0.25) is 0 Å². The molecule has 0 radical (unpaired) electrons. The zero-order valence-electron chi connectivity index (χ0n) is 9.54. The van der Waals surface area contributed by atoms with Gasteiger partial charge in [0.2, 0.25) is 0 Å². The minimum absolute atomic E-state index is 0.325. The minimum Gasteiger partial charge on any atom is -0.466 e. The number of rotatable bonds is 6. The maximum absolute atomic E-state index is 10.7. The predicted molar refractivity (Wildman–Crippen MR) is 57.8 cm³/mol. The summed E-state index contributed by atoms with van der Waals surface area (Å²) in [5.41, 5.74) is 0. The summed E-state index contributed by atoms with van der Waals surface area (Å²) in [5.74, 6) is 0.400. The Balaban J connectivity index is 3.57. The Kier molecular flexibility index (Phi) is 6.89. The summed E-state index contributed by atoms with van der Waals surface area (Å²) in [6.45, 7) is 6.51. The van der Waals surface area contributed by atoms with Gasteiger partial charge < -0.3 is 10.1 Å². The molecule has 0 amide bonds. The van der Waals surface area contributed by atoms with Gasteiger partial charge in [-0.2, -0.15) is 0 Å². The second-order valence-electron chi connectivity index (χ2n) is 3.90. The van der Waals surface area contributed by atoms with Crippen molar-refractivity contribution >= 4 is 5.97 Å². The molecule has 0 aromatic carbocycles. The summed E-state index contributed by atoms with van der Waals surface area (Å²) in [5, 5.41) is 3.12. The highest BCUT2D eigenvalue weighted by Gasteiger charge is 2.00. The Morgan fingerprint density at radius 2 is 2.00 bits per heavy atom. The third-order valence-electron chi connectivity index (χ3n) is 1.98. The van der Waals surface area contributed by atoms with Crippen molar-refractivity contribution in [1.29, 1.82) is 0 Å².